The van der Waals surface area contributed by atoms with Crippen LogP contribution in [0.2, 0.25) is 0 Å². The Morgan fingerprint density at radius 1 is 0.909 bits per heavy atom. The smallest absolute Gasteiger partial charge is 0.243 e. The third kappa shape index (κ3) is 12.8. The van der Waals surface area contributed by atoms with Gasteiger partial charge in [0.05, 0.1) is 6.04 Å². The second-order valence-electron chi connectivity index (χ2n) is 6.73. The molecule has 0 spiro atoms. The van der Waals surface area contributed by atoms with Gasteiger partial charge in [-0.15, -0.1) is 0 Å². The monoisotopic (exact) mass is 312 g/mol. The molecule has 0 aliphatic rings. The van der Waals surface area contributed by atoms with Gasteiger partial charge < -0.3 is 5.73 Å². The minimum Gasteiger partial charge on any atom is -0.320 e. The fraction of sp³-hybridized carbons (Fsp3) is 0.889. The lowest BCUT2D eigenvalue weighted by molar-refractivity contribution is -0.131. The predicted molar refractivity (Wildman–Crippen MR) is 92.4 cm³/mol. The molecule has 130 valence electrons. The lowest BCUT2D eigenvalue weighted by Crippen LogP contribution is -2.44. The first-order valence-corrected chi connectivity index (χ1v) is 9.06. The Bertz CT molecular complexity index is 303. The van der Waals surface area contributed by atoms with Gasteiger partial charge in [0.2, 0.25) is 11.8 Å². The zero-order chi connectivity index (χ0) is 16.8. The van der Waals surface area contributed by atoms with Gasteiger partial charge in [0.15, 0.2) is 0 Å². The molecule has 3 N–H and O–H groups in total. The lowest BCUT2D eigenvalue weighted by atomic mass is 10.0. The molecule has 0 rings (SSSR count). The van der Waals surface area contributed by atoms with Crippen LogP contribution in [0.5, 0.6) is 0 Å². The predicted octanol–water partition coefficient (Wildman–Crippen LogP) is 3.92. The zero-order valence-corrected chi connectivity index (χ0v) is 14.8. The van der Waals surface area contributed by atoms with Crippen LogP contribution < -0.4 is 11.1 Å². The van der Waals surface area contributed by atoms with Crippen LogP contribution in [0.4, 0.5) is 0 Å². The molecule has 0 saturated carbocycles. The summed E-state index contributed by atoms with van der Waals surface area (Å²) in [6.45, 7) is 6.25. The molecule has 2 amide bonds. The molecule has 22 heavy (non-hydrogen) atoms. The van der Waals surface area contributed by atoms with Crippen molar-refractivity contribution in [3.63, 3.8) is 0 Å². The molecule has 0 fully saturated rings. The van der Waals surface area contributed by atoms with Crippen molar-refractivity contribution in [2.75, 3.05) is 0 Å². The summed E-state index contributed by atoms with van der Waals surface area (Å²) in [7, 11) is 0. The van der Waals surface area contributed by atoms with E-state index in [1.165, 1.54) is 44.9 Å². The number of rotatable bonds is 13. The number of imide groups is 1. The summed E-state index contributed by atoms with van der Waals surface area (Å²) in [6, 6.07) is -0.577. The van der Waals surface area contributed by atoms with Crippen molar-refractivity contribution in [3.05, 3.63) is 0 Å². The minimum absolute atomic E-state index is 0.188. The third-order valence-electron chi connectivity index (χ3n) is 3.83. The van der Waals surface area contributed by atoms with Crippen molar-refractivity contribution in [2.45, 2.75) is 97.4 Å². The minimum atomic E-state index is -0.577. The molecule has 0 heterocycles. The van der Waals surface area contributed by atoms with E-state index in [-0.39, 0.29) is 11.8 Å². The number of carbonyl (C=O) groups is 2. The van der Waals surface area contributed by atoms with Crippen molar-refractivity contribution in [1.82, 2.24) is 5.32 Å². The molecule has 4 heteroatoms. The Hall–Kier alpha value is -0.900. The van der Waals surface area contributed by atoms with Crippen LogP contribution in [0.1, 0.15) is 91.4 Å². The molecule has 1 atom stereocenters. The first-order chi connectivity index (χ1) is 10.5. The van der Waals surface area contributed by atoms with Crippen LogP contribution in [0.3, 0.4) is 0 Å². The summed E-state index contributed by atoms with van der Waals surface area (Å²) in [5.41, 5.74) is 5.75. The van der Waals surface area contributed by atoms with Gasteiger partial charge in [-0.25, -0.2) is 0 Å². The average Bonchev–Trinajstić information content (AvgIpc) is 2.44. The fourth-order valence-electron chi connectivity index (χ4n) is 2.50. The number of nitrogens with one attached hydrogen (secondary N) is 1. The highest BCUT2D eigenvalue weighted by Gasteiger charge is 2.16. The number of nitrogens with two attached hydrogens (primary N) is 1. The number of carbonyl (C=O) groups excluding carboxylic acids is 2. The van der Waals surface area contributed by atoms with E-state index in [1.54, 1.807) is 0 Å². The molecule has 0 aromatic rings. The van der Waals surface area contributed by atoms with E-state index >= 15 is 0 Å². The number of hydrogen-bond acceptors (Lipinski definition) is 3. The van der Waals surface area contributed by atoms with Crippen molar-refractivity contribution >= 4 is 11.8 Å². The molecule has 0 aromatic heterocycles. The van der Waals surface area contributed by atoms with Gasteiger partial charge in [-0.3, -0.25) is 14.9 Å². The van der Waals surface area contributed by atoms with E-state index in [9.17, 15) is 9.59 Å². The number of amides is 2. The van der Waals surface area contributed by atoms with Crippen LogP contribution >= 0.6 is 0 Å². The number of unbranched alkanes of at least 4 members (excludes halogenated alkanes) is 8. The maximum Gasteiger partial charge on any atom is 0.243 e. The molecule has 0 unspecified atom stereocenters. The average molecular weight is 312 g/mol. The Morgan fingerprint density at radius 3 is 1.91 bits per heavy atom. The van der Waals surface area contributed by atoms with Crippen LogP contribution in [0, 0.1) is 5.92 Å². The van der Waals surface area contributed by atoms with Crippen LogP contribution in [-0.4, -0.2) is 17.9 Å². The molecular formula is C18H36N2O2. The summed E-state index contributed by atoms with van der Waals surface area (Å²) in [5, 5.41) is 2.41. The Morgan fingerprint density at radius 2 is 1.41 bits per heavy atom. The molecule has 0 aliphatic heterocycles. The first-order valence-electron chi connectivity index (χ1n) is 9.06. The van der Waals surface area contributed by atoms with Crippen LogP contribution in [0.25, 0.3) is 0 Å². The van der Waals surface area contributed by atoms with Crippen molar-refractivity contribution < 1.29 is 9.59 Å². The van der Waals surface area contributed by atoms with E-state index < -0.39 is 6.04 Å². The van der Waals surface area contributed by atoms with Crippen molar-refractivity contribution in [3.8, 4) is 0 Å². The van der Waals surface area contributed by atoms with Crippen molar-refractivity contribution in [1.29, 1.82) is 0 Å². The van der Waals surface area contributed by atoms with Gasteiger partial charge in [-0.2, -0.15) is 0 Å². The number of hydrogen-bond donors (Lipinski definition) is 2. The van der Waals surface area contributed by atoms with Gasteiger partial charge in [0.25, 0.3) is 0 Å². The highest BCUT2D eigenvalue weighted by Crippen LogP contribution is 2.10. The SMILES string of the molecule is CCCCCCCCCCCC(=O)NC(=O)[C@@H](N)CC(C)C. The lowest BCUT2D eigenvalue weighted by Gasteiger charge is -2.13. The second kappa shape index (κ2) is 13.7. The zero-order valence-electron chi connectivity index (χ0n) is 14.8. The maximum absolute atomic E-state index is 11.7. The van der Waals surface area contributed by atoms with E-state index in [0.717, 1.165) is 12.8 Å². The van der Waals surface area contributed by atoms with Gasteiger partial charge in [0.1, 0.15) is 0 Å². The van der Waals surface area contributed by atoms with E-state index in [4.69, 9.17) is 5.73 Å². The maximum atomic E-state index is 11.7. The fourth-order valence-corrected chi connectivity index (χ4v) is 2.50. The normalized spacial score (nSPS) is 12.4. The summed E-state index contributed by atoms with van der Waals surface area (Å²) < 4.78 is 0. The van der Waals surface area contributed by atoms with E-state index in [0.29, 0.717) is 18.8 Å². The Kier molecular flexibility index (Phi) is 13.2. The van der Waals surface area contributed by atoms with E-state index in [1.807, 2.05) is 13.8 Å². The first kappa shape index (κ1) is 21.1. The molecule has 0 aliphatic carbocycles. The second-order valence-corrected chi connectivity index (χ2v) is 6.73. The van der Waals surface area contributed by atoms with Gasteiger partial charge in [-0.05, 0) is 18.8 Å². The molecule has 0 saturated heterocycles. The Balaban J connectivity index is 3.51. The van der Waals surface area contributed by atoms with Crippen molar-refractivity contribution in [2.24, 2.45) is 11.7 Å². The summed E-state index contributed by atoms with van der Waals surface area (Å²) in [4.78, 5) is 23.4. The quantitative estimate of drug-likeness (QED) is 0.506. The molecule has 0 bridgehead atoms. The highest BCUT2D eigenvalue weighted by atomic mass is 16.2. The summed E-state index contributed by atoms with van der Waals surface area (Å²) in [5.74, 6) is -0.171. The Labute approximate surface area is 136 Å². The van der Waals surface area contributed by atoms with Crippen LogP contribution in [0.15, 0.2) is 0 Å². The van der Waals surface area contributed by atoms with Crippen LogP contribution in [-0.2, 0) is 9.59 Å². The molecule has 4 nitrogen and oxygen atoms in total. The molecule has 0 aromatic carbocycles. The van der Waals surface area contributed by atoms with Gasteiger partial charge in [0, 0.05) is 6.42 Å². The molecule has 0 radical (unpaired) electrons. The van der Waals surface area contributed by atoms with Gasteiger partial charge in [-0.1, -0.05) is 72.1 Å². The largest absolute Gasteiger partial charge is 0.320 e. The van der Waals surface area contributed by atoms with E-state index in [2.05, 4.69) is 12.2 Å². The third-order valence-corrected chi connectivity index (χ3v) is 3.83. The highest BCUT2D eigenvalue weighted by molar-refractivity contribution is 5.97. The standard InChI is InChI=1S/C18H36N2O2/c1-4-5-6-7-8-9-10-11-12-13-17(21)20-18(22)16(19)14-15(2)3/h15-16H,4-14,19H2,1-3H3,(H,20,21,22)/t16-/m0/s1. The topological polar surface area (TPSA) is 72.2 Å². The summed E-state index contributed by atoms with van der Waals surface area (Å²) >= 11 is 0. The van der Waals surface area contributed by atoms with Gasteiger partial charge >= 0.3 is 0 Å². The molecular weight excluding hydrogens is 276 g/mol. The summed E-state index contributed by atoms with van der Waals surface area (Å²) in [6.07, 6.45) is 12.0.